The largest absolute Gasteiger partial charge is 0.489 e. The number of fused-ring (bicyclic) bond motifs is 1. The van der Waals surface area contributed by atoms with Crippen LogP contribution in [0.3, 0.4) is 0 Å². The molecule has 0 fully saturated rings. The minimum atomic E-state index is -0.587. The molecule has 6 heteroatoms. The maximum absolute atomic E-state index is 12.5. The molecular formula is C22H17N3O3. The lowest BCUT2D eigenvalue weighted by molar-refractivity contribution is 0.306. The second-order valence-corrected chi connectivity index (χ2v) is 6.18. The fourth-order valence-corrected chi connectivity index (χ4v) is 2.81. The summed E-state index contributed by atoms with van der Waals surface area (Å²) in [5.41, 5.74) is 1.21. The highest BCUT2D eigenvalue weighted by molar-refractivity contribution is 5.80. The molecule has 0 aliphatic heterocycles. The van der Waals surface area contributed by atoms with Gasteiger partial charge in [-0.15, -0.1) is 4.68 Å². The standard InChI is InChI=1S/C22H17N3O3/c26-21-19-11-4-5-12-20(19)24-22(27)25(21)23-14-17-9-6-10-18(13-17)28-15-16-7-2-1-3-8-16/h1-14H,15H2,(H,24,27). The van der Waals surface area contributed by atoms with Gasteiger partial charge in [-0.25, -0.2) is 4.79 Å². The summed E-state index contributed by atoms with van der Waals surface area (Å²) in [4.78, 5) is 27.3. The van der Waals surface area contributed by atoms with E-state index in [1.807, 2.05) is 48.5 Å². The molecule has 4 aromatic rings. The Labute approximate surface area is 160 Å². The van der Waals surface area contributed by atoms with Gasteiger partial charge in [0.25, 0.3) is 5.56 Å². The van der Waals surface area contributed by atoms with E-state index in [9.17, 15) is 9.59 Å². The fraction of sp³-hybridized carbons (Fsp3) is 0.0455. The van der Waals surface area contributed by atoms with Gasteiger partial charge in [-0.3, -0.25) is 4.79 Å². The quantitative estimate of drug-likeness (QED) is 0.548. The molecule has 0 bridgehead atoms. The minimum absolute atomic E-state index is 0.402. The summed E-state index contributed by atoms with van der Waals surface area (Å²) >= 11 is 0. The minimum Gasteiger partial charge on any atom is -0.489 e. The average Bonchev–Trinajstić information content (AvgIpc) is 2.73. The molecule has 0 amide bonds. The van der Waals surface area contributed by atoms with Crippen molar-refractivity contribution in [2.24, 2.45) is 5.10 Å². The second kappa shape index (κ2) is 7.75. The Morgan fingerprint density at radius 2 is 1.71 bits per heavy atom. The zero-order valence-electron chi connectivity index (χ0n) is 14.9. The highest BCUT2D eigenvalue weighted by atomic mass is 16.5. The van der Waals surface area contributed by atoms with E-state index in [0.29, 0.717) is 28.8 Å². The third-order valence-corrected chi connectivity index (χ3v) is 4.21. The van der Waals surface area contributed by atoms with E-state index in [0.717, 1.165) is 10.2 Å². The number of hydrogen-bond donors (Lipinski definition) is 1. The van der Waals surface area contributed by atoms with Crippen molar-refractivity contribution in [1.29, 1.82) is 0 Å². The van der Waals surface area contributed by atoms with Crippen LogP contribution in [0.15, 0.2) is 93.6 Å². The Kier molecular flexibility index (Phi) is 4.84. The first kappa shape index (κ1) is 17.5. The number of rotatable bonds is 5. The Bertz CT molecular complexity index is 1260. The van der Waals surface area contributed by atoms with Crippen LogP contribution in [0, 0.1) is 0 Å². The van der Waals surface area contributed by atoms with E-state index in [1.165, 1.54) is 6.21 Å². The topological polar surface area (TPSA) is 76.5 Å². The van der Waals surface area contributed by atoms with Gasteiger partial charge in [0.15, 0.2) is 0 Å². The Morgan fingerprint density at radius 3 is 2.57 bits per heavy atom. The summed E-state index contributed by atoms with van der Waals surface area (Å²) in [7, 11) is 0. The summed E-state index contributed by atoms with van der Waals surface area (Å²) < 4.78 is 6.61. The molecule has 1 aromatic heterocycles. The molecule has 138 valence electrons. The van der Waals surface area contributed by atoms with E-state index >= 15 is 0 Å². The molecule has 4 rings (SSSR count). The first-order valence-corrected chi connectivity index (χ1v) is 8.76. The first-order chi connectivity index (χ1) is 13.7. The SMILES string of the molecule is O=c1[nH]c2ccccc2c(=O)n1N=Cc1cccc(OCc2ccccc2)c1. The van der Waals surface area contributed by atoms with Gasteiger partial charge in [0.05, 0.1) is 17.1 Å². The van der Waals surface area contributed by atoms with E-state index in [4.69, 9.17) is 4.74 Å². The zero-order chi connectivity index (χ0) is 19.3. The van der Waals surface area contributed by atoms with Crippen molar-refractivity contribution in [3.63, 3.8) is 0 Å². The molecule has 0 aliphatic rings. The molecule has 0 spiro atoms. The Hall–Kier alpha value is -3.93. The van der Waals surface area contributed by atoms with Crippen LogP contribution >= 0.6 is 0 Å². The predicted molar refractivity (Wildman–Crippen MR) is 109 cm³/mol. The fourth-order valence-electron chi connectivity index (χ4n) is 2.81. The molecule has 0 aliphatic carbocycles. The van der Waals surface area contributed by atoms with Crippen LogP contribution in [0.4, 0.5) is 0 Å². The van der Waals surface area contributed by atoms with Crippen molar-refractivity contribution in [1.82, 2.24) is 9.66 Å². The number of benzene rings is 3. The van der Waals surface area contributed by atoms with Crippen LogP contribution in [0.5, 0.6) is 5.75 Å². The van der Waals surface area contributed by atoms with Crippen molar-refractivity contribution in [2.75, 3.05) is 0 Å². The molecule has 1 heterocycles. The Balaban J connectivity index is 1.58. The van der Waals surface area contributed by atoms with Crippen LogP contribution in [-0.4, -0.2) is 15.9 Å². The summed E-state index contributed by atoms with van der Waals surface area (Å²) in [6.07, 6.45) is 1.46. The van der Waals surface area contributed by atoms with E-state index in [2.05, 4.69) is 10.1 Å². The average molecular weight is 371 g/mol. The number of nitrogens with one attached hydrogen (secondary N) is 1. The van der Waals surface area contributed by atoms with Gasteiger partial charge in [0.2, 0.25) is 0 Å². The number of para-hydroxylation sites is 1. The third-order valence-electron chi connectivity index (χ3n) is 4.21. The van der Waals surface area contributed by atoms with Crippen molar-refractivity contribution < 1.29 is 4.74 Å². The lowest BCUT2D eigenvalue weighted by atomic mass is 10.2. The summed E-state index contributed by atoms with van der Waals surface area (Å²) in [5, 5.41) is 4.47. The number of aromatic nitrogens is 2. The van der Waals surface area contributed by atoms with Crippen LogP contribution in [0.1, 0.15) is 11.1 Å². The summed E-state index contributed by atoms with van der Waals surface area (Å²) in [6, 6.07) is 24.0. The molecule has 28 heavy (non-hydrogen) atoms. The maximum Gasteiger partial charge on any atom is 0.349 e. The van der Waals surface area contributed by atoms with Gasteiger partial charge < -0.3 is 9.72 Å². The van der Waals surface area contributed by atoms with Crippen LogP contribution in [-0.2, 0) is 6.61 Å². The monoisotopic (exact) mass is 371 g/mol. The maximum atomic E-state index is 12.5. The zero-order valence-corrected chi connectivity index (χ0v) is 14.9. The number of nitrogens with zero attached hydrogens (tertiary/aromatic N) is 2. The van der Waals surface area contributed by atoms with Gasteiger partial charge in [0.1, 0.15) is 12.4 Å². The van der Waals surface area contributed by atoms with Crippen LogP contribution < -0.4 is 16.0 Å². The lowest BCUT2D eigenvalue weighted by Crippen LogP contribution is -2.32. The molecular weight excluding hydrogens is 354 g/mol. The lowest BCUT2D eigenvalue weighted by Gasteiger charge is -2.06. The van der Waals surface area contributed by atoms with Gasteiger partial charge in [-0.2, -0.15) is 5.10 Å². The van der Waals surface area contributed by atoms with Crippen molar-refractivity contribution >= 4 is 17.1 Å². The first-order valence-electron chi connectivity index (χ1n) is 8.76. The second-order valence-electron chi connectivity index (χ2n) is 6.18. The number of ether oxygens (including phenoxy) is 1. The smallest absolute Gasteiger partial charge is 0.349 e. The van der Waals surface area contributed by atoms with Gasteiger partial charge in [0, 0.05) is 0 Å². The van der Waals surface area contributed by atoms with Crippen molar-refractivity contribution in [3.8, 4) is 5.75 Å². The normalized spacial score (nSPS) is 11.1. The van der Waals surface area contributed by atoms with Gasteiger partial charge in [-0.05, 0) is 35.4 Å². The van der Waals surface area contributed by atoms with E-state index in [1.54, 1.807) is 30.3 Å². The molecule has 0 atom stereocenters. The third kappa shape index (κ3) is 3.76. The summed E-state index contributed by atoms with van der Waals surface area (Å²) in [5.74, 6) is 0.674. The van der Waals surface area contributed by atoms with Crippen molar-refractivity contribution in [2.45, 2.75) is 6.61 Å². The van der Waals surface area contributed by atoms with Gasteiger partial charge >= 0.3 is 5.69 Å². The molecule has 6 nitrogen and oxygen atoms in total. The van der Waals surface area contributed by atoms with E-state index < -0.39 is 11.2 Å². The predicted octanol–water partition coefficient (Wildman–Crippen LogP) is 3.15. The van der Waals surface area contributed by atoms with Crippen LogP contribution in [0.25, 0.3) is 10.9 Å². The molecule has 1 N–H and O–H groups in total. The molecule has 0 unspecified atom stereocenters. The summed E-state index contributed by atoms with van der Waals surface area (Å²) in [6.45, 7) is 0.450. The molecule has 0 radical (unpaired) electrons. The molecule has 3 aromatic carbocycles. The molecule has 0 saturated heterocycles. The van der Waals surface area contributed by atoms with Gasteiger partial charge in [-0.1, -0.05) is 54.6 Å². The highest BCUT2D eigenvalue weighted by Crippen LogP contribution is 2.14. The Morgan fingerprint density at radius 1 is 0.929 bits per heavy atom. The van der Waals surface area contributed by atoms with Crippen molar-refractivity contribution in [3.05, 3.63) is 111 Å². The number of aromatic amines is 1. The van der Waals surface area contributed by atoms with E-state index in [-0.39, 0.29) is 0 Å². The number of H-pyrrole nitrogens is 1. The van der Waals surface area contributed by atoms with Crippen LogP contribution in [0.2, 0.25) is 0 Å². The highest BCUT2D eigenvalue weighted by Gasteiger charge is 2.05. The number of hydrogen-bond acceptors (Lipinski definition) is 4. The molecule has 0 saturated carbocycles.